The van der Waals surface area contributed by atoms with Gasteiger partial charge in [0.25, 0.3) is 5.56 Å². The molecule has 1 aromatic heterocycles. The Labute approximate surface area is 160 Å². The zero-order chi connectivity index (χ0) is 20.4. The van der Waals surface area contributed by atoms with Gasteiger partial charge in [0, 0.05) is 12.6 Å². The number of aromatic nitrogens is 1. The Hall–Kier alpha value is -3.44. The summed E-state index contributed by atoms with van der Waals surface area (Å²) in [5.74, 6) is -3.25. The van der Waals surface area contributed by atoms with E-state index in [0.717, 1.165) is 40.2 Å². The molecule has 8 heteroatoms. The van der Waals surface area contributed by atoms with E-state index in [1.807, 2.05) is 0 Å². The minimum atomic E-state index is -1.06. The number of halogens is 3. The molecule has 0 atom stereocenters. The summed E-state index contributed by atoms with van der Waals surface area (Å²) in [4.78, 5) is 25.1. The second-order valence-corrected chi connectivity index (χ2v) is 6.81. The SMILES string of the molecule is Cn1c(=O)/c(=C\c2ccc(F)c(F)c2)s/c1=C(/C#N)C(=O)c1ccc(F)cc1. The molecule has 3 aromatic rings. The fourth-order valence-corrected chi connectivity index (χ4v) is 3.57. The van der Waals surface area contributed by atoms with Crippen LogP contribution in [0.1, 0.15) is 15.9 Å². The highest BCUT2D eigenvalue weighted by Gasteiger charge is 2.16. The molecular weight excluding hydrogens is 389 g/mol. The van der Waals surface area contributed by atoms with Crippen LogP contribution in [-0.4, -0.2) is 10.4 Å². The number of carbonyl (C=O) groups excluding carboxylic acids is 1. The number of hydrogen-bond acceptors (Lipinski definition) is 4. The predicted octanol–water partition coefficient (Wildman–Crippen LogP) is 2.25. The summed E-state index contributed by atoms with van der Waals surface area (Å²) in [6.07, 6.45) is 1.34. The van der Waals surface area contributed by atoms with Crippen LogP contribution in [0.4, 0.5) is 13.2 Å². The zero-order valence-electron chi connectivity index (χ0n) is 14.4. The van der Waals surface area contributed by atoms with Gasteiger partial charge in [-0.25, -0.2) is 13.2 Å². The predicted molar refractivity (Wildman–Crippen MR) is 98.5 cm³/mol. The molecule has 0 saturated heterocycles. The van der Waals surface area contributed by atoms with E-state index in [-0.39, 0.29) is 25.9 Å². The van der Waals surface area contributed by atoms with Crippen LogP contribution in [0.25, 0.3) is 11.6 Å². The van der Waals surface area contributed by atoms with Crippen molar-refractivity contribution in [3.05, 3.63) is 90.6 Å². The highest BCUT2D eigenvalue weighted by atomic mass is 32.1. The van der Waals surface area contributed by atoms with Gasteiger partial charge in [0.2, 0.25) is 5.78 Å². The summed E-state index contributed by atoms with van der Waals surface area (Å²) in [5, 5.41) is 9.45. The van der Waals surface area contributed by atoms with Crippen LogP contribution in [0, 0.1) is 28.8 Å². The lowest BCUT2D eigenvalue weighted by molar-refractivity contribution is 0.105. The number of rotatable bonds is 3. The smallest absolute Gasteiger partial charge is 0.268 e. The summed E-state index contributed by atoms with van der Waals surface area (Å²) in [6, 6.07) is 9.65. The number of ketones is 1. The molecule has 0 N–H and O–H groups in total. The average Bonchev–Trinajstić information content (AvgIpc) is 2.94. The van der Waals surface area contributed by atoms with E-state index in [2.05, 4.69) is 0 Å². The lowest BCUT2D eigenvalue weighted by atomic mass is 10.1. The van der Waals surface area contributed by atoms with Gasteiger partial charge < -0.3 is 4.57 Å². The van der Waals surface area contributed by atoms with Gasteiger partial charge in [0.1, 0.15) is 22.1 Å². The maximum Gasteiger partial charge on any atom is 0.268 e. The highest BCUT2D eigenvalue weighted by Crippen LogP contribution is 2.10. The molecule has 140 valence electrons. The van der Waals surface area contributed by atoms with Crippen molar-refractivity contribution in [1.82, 2.24) is 4.57 Å². The van der Waals surface area contributed by atoms with E-state index < -0.39 is 28.8 Å². The Morgan fingerprint density at radius 1 is 1.11 bits per heavy atom. The Bertz CT molecular complexity index is 1300. The molecule has 28 heavy (non-hydrogen) atoms. The molecule has 0 fully saturated rings. The Kier molecular flexibility index (Phi) is 5.29. The molecule has 0 saturated carbocycles. The molecule has 0 unspecified atom stereocenters. The van der Waals surface area contributed by atoms with Gasteiger partial charge in [-0.05, 0) is 48.0 Å². The topological polar surface area (TPSA) is 62.9 Å². The minimum Gasteiger partial charge on any atom is -0.301 e. The third-order valence-electron chi connectivity index (χ3n) is 3.93. The lowest BCUT2D eigenvalue weighted by Crippen LogP contribution is -2.30. The molecule has 0 aliphatic heterocycles. The molecule has 1 heterocycles. The lowest BCUT2D eigenvalue weighted by Gasteiger charge is -1.99. The van der Waals surface area contributed by atoms with Gasteiger partial charge in [-0.2, -0.15) is 5.26 Å². The number of thiazole rings is 1. The Morgan fingerprint density at radius 2 is 1.79 bits per heavy atom. The molecule has 2 aromatic carbocycles. The van der Waals surface area contributed by atoms with Crippen LogP contribution in [0.2, 0.25) is 0 Å². The second kappa shape index (κ2) is 7.66. The first-order valence-corrected chi connectivity index (χ1v) is 8.70. The molecule has 0 aliphatic carbocycles. The van der Waals surface area contributed by atoms with E-state index in [1.54, 1.807) is 6.07 Å². The van der Waals surface area contributed by atoms with Crippen LogP contribution in [0.15, 0.2) is 47.3 Å². The van der Waals surface area contributed by atoms with Gasteiger partial charge in [0.15, 0.2) is 11.6 Å². The molecule has 0 radical (unpaired) electrons. The van der Waals surface area contributed by atoms with Crippen LogP contribution in [0.3, 0.4) is 0 Å². The molecule has 0 amide bonds. The van der Waals surface area contributed by atoms with Crippen molar-refractivity contribution < 1.29 is 18.0 Å². The standard InChI is InChI=1S/C20H11F3N2O2S/c1-25-19(27)17(9-11-2-7-15(22)16(23)8-11)28-20(25)14(10-24)18(26)12-3-5-13(21)6-4-12/h2-9H,1H3/b17-9+,20-14-. The first-order valence-electron chi connectivity index (χ1n) is 7.89. The van der Waals surface area contributed by atoms with Gasteiger partial charge >= 0.3 is 0 Å². The van der Waals surface area contributed by atoms with Crippen molar-refractivity contribution in [2.24, 2.45) is 7.05 Å². The van der Waals surface area contributed by atoms with E-state index in [9.17, 15) is 28.0 Å². The van der Waals surface area contributed by atoms with E-state index in [4.69, 9.17) is 0 Å². The third kappa shape index (κ3) is 3.66. The van der Waals surface area contributed by atoms with Crippen LogP contribution >= 0.6 is 11.3 Å². The second-order valence-electron chi connectivity index (χ2n) is 5.78. The van der Waals surface area contributed by atoms with Crippen LogP contribution in [-0.2, 0) is 7.05 Å². The first-order chi connectivity index (χ1) is 13.3. The van der Waals surface area contributed by atoms with E-state index in [1.165, 1.54) is 31.3 Å². The summed E-state index contributed by atoms with van der Waals surface area (Å²) in [5.41, 5.74) is -0.414. The van der Waals surface area contributed by atoms with Crippen molar-refractivity contribution in [1.29, 1.82) is 5.26 Å². The van der Waals surface area contributed by atoms with E-state index in [0.29, 0.717) is 0 Å². The van der Waals surface area contributed by atoms with Crippen molar-refractivity contribution in [3.8, 4) is 6.07 Å². The number of hydrogen-bond donors (Lipinski definition) is 0. The molecule has 0 bridgehead atoms. The summed E-state index contributed by atoms with van der Waals surface area (Å²) in [6.45, 7) is 0. The Morgan fingerprint density at radius 3 is 2.39 bits per heavy atom. The van der Waals surface area contributed by atoms with Crippen molar-refractivity contribution >= 4 is 28.8 Å². The fraction of sp³-hybridized carbons (Fsp3) is 0.0500. The number of benzene rings is 2. The molecular formula is C20H11F3N2O2S. The monoisotopic (exact) mass is 400 g/mol. The zero-order valence-corrected chi connectivity index (χ0v) is 15.2. The minimum absolute atomic E-state index is 0.102. The van der Waals surface area contributed by atoms with E-state index >= 15 is 0 Å². The first kappa shape index (κ1) is 19.3. The quantitative estimate of drug-likeness (QED) is 0.634. The van der Waals surface area contributed by atoms with Crippen molar-refractivity contribution in [3.63, 3.8) is 0 Å². The fourth-order valence-electron chi connectivity index (χ4n) is 2.48. The van der Waals surface area contributed by atoms with Crippen LogP contribution < -0.4 is 14.8 Å². The van der Waals surface area contributed by atoms with Gasteiger partial charge in [0.05, 0.1) is 4.53 Å². The summed E-state index contributed by atoms with van der Waals surface area (Å²) in [7, 11) is 1.39. The largest absolute Gasteiger partial charge is 0.301 e. The third-order valence-corrected chi connectivity index (χ3v) is 5.11. The van der Waals surface area contributed by atoms with Gasteiger partial charge in [-0.15, -0.1) is 11.3 Å². The normalized spacial score (nSPS) is 12.6. The number of nitriles is 1. The number of carbonyl (C=O) groups is 1. The van der Waals surface area contributed by atoms with Gasteiger partial charge in [-0.3, -0.25) is 9.59 Å². The molecule has 3 rings (SSSR count). The summed E-state index contributed by atoms with van der Waals surface area (Å²) >= 11 is 0.874. The van der Waals surface area contributed by atoms with Crippen LogP contribution in [0.5, 0.6) is 0 Å². The van der Waals surface area contributed by atoms with Crippen molar-refractivity contribution in [2.75, 3.05) is 0 Å². The van der Waals surface area contributed by atoms with Gasteiger partial charge in [-0.1, -0.05) is 6.07 Å². The maximum absolute atomic E-state index is 13.4. The number of nitrogens with zero attached hydrogens (tertiary/aromatic N) is 2. The average molecular weight is 400 g/mol. The Balaban J connectivity index is 2.20. The molecule has 0 aliphatic rings. The highest BCUT2D eigenvalue weighted by molar-refractivity contribution is 7.07. The summed E-state index contributed by atoms with van der Waals surface area (Å²) < 4.78 is 40.9. The molecule has 0 spiro atoms. The maximum atomic E-state index is 13.4. The number of Topliss-reactive ketones (excluding diaryl/α,β-unsaturated/α-hetero) is 1. The molecule has 4 nitrogen and oxygen atoms in total. The van der Waals surface area contributed by atoms with Crippen molar-refractivity contribution in [2.45, 2.75) is 0 Å².